The third kappa shape index (κ3) is 3.06. The summed E-state index contributed by atoms with van der Waals surface area (Å²) in [5, 5.41) is 0. The van der Waals surface area contributed by atoms with Gasteiger partial charge in [-0.2, -0.15) is 0 Å². The van der Waals surface area contributed by atoms with Crippen LogP contribution in [0.5, 0.6) is 0 Å². The lowest BCUT2D eigenvalue weighted by molar-refractivity contribution is 0.631. The third-order valence-corrected chi connectivity index (χ3v) is 2.85. The van der Waals surface area contributed by atoms with Crippen LogP contribution in [0.4, 0.5) is 10.1 Å². The Kier molecular flexibility index (Phi) is 3.43. The van der Waals surface area contributed by atoms with Crippen molar-refractivity contribution >= 4 is 5.69 Å². The first-order chi connectivity index (χ1) is 8.15. The Morgan fingerprint density at radius 2 is 1.71 bits per heavy atom. The topological polar surface area (TPSA) is 26.0 Å². The summed E-state index contributed by atoms with van der Waals surface area (Å²) in [6.45, 7) is 2.08. The summed E-state index contributed by atoms with van der Waals surface area (Å²) in [5.41, 5.74) is 9.41. The maximum Gasteiger partial charge on any atom is 0.146 e. The molecule has 2 aromatic rings. The van der Waals surface area contributed by atoms with Crippen molar-refractivity contribution in [1.29, 1.82) is 0 Å². The van der Waals surface area contributed by atoms with Gasteiger partial charge in [-0.25, -0.2) is 4.39 Å². The second-order valence-corrected chi connectivity index (χ2v) is 4.34. The largest absolute Gasteiger partial charge is 0.396 e. The number of nitrogen functional groups attached to an aromatic ring is 1. The van der Waals surface area contributed by atoms with Crippen LogP contribution in [-0.4, -0.2) is 0 Å². The molecule has 0 aliphatic heterocycles. The highest BCUT2D eigenvalue weighted by Crippen LogP contribution is 2.14. The molecule has 2 aromatic carbocycles. The van der Waals surface area contributed by atoms with Gasteiger partial charge in [-0.1, -0.05) is 35.9 Å². The molecule has 0 amide bonds. The summed E-state index contributed by atoms with van der Waals surface area (Å²) in [6, 6.07) is 13.4. The van der Waals surface area contributed by atoms with E-state index in [0.717, 1.165) is 18.4 Å². The molecule has 0 fully saturated rings. The van der Waals surface area contributed by atoms with Gasteiger partial charge in [0.15, 0.2) is 0 Å². The summed E-state index contributed by atoms with van der Waals surface area (Å²) < 4.78 is 13.0. The molecule has 0 heterocycles. The van der Waals surface area contributed by atoms with Crippen molar-refractivity contribution in [2.75, 3.05) is 5.73 Å². The van der Waals surface area contributed by atoms with Gasteiger partial charge < -0.3 is 5.73 Å². The van der Waals surface area contributed by atoms with E-state index in [1.807, 2.05) is 0 Å². The summed E-state index contributed by atoms with van der Waals surface area (Å²) in [7, 11) is 0. The van der Waals surface area contributed by atoms with Gasteiger partial charge in [0.05, 0.1) is 5.69 Å². The van der Waals surface area contributed by atoms with E-state index in [4.69, 9.17) is 5.73 Å². The molecule has 0 radical (unpaired) electrons. The van der Waals surface area contributed by atoms with Crippen molar-refractivity contribution in [2.45, 2.75) is 19.8 Å². The fraction of sp³-hybridized carbons (Fsp3) is 0.200. The molecule has 1 nitrogen and oxygen atoms in total. The lowest BCUT2D eigenvalue weighted by Gasteiger charge is -2.05. The number of hydrogen-bond donors (Lipinski definition) is 1. The van der Waals surface area contributed by atoms with Crippen LogP contribution in [0.2, 0.25) is 0 Å². The molecular formula is C15H16FN. The quantitative estimate of drug-likeness (QED) is 0.801. The van der Waals surface area contributed by atoms with E-state index in [0.29, 0.717) is 0 Å². The van der Waals surface area contributed by atoms with Crippen molar-refractivity contribution in [3.8, 4) is 0 Å². The Balaban J connectivity index is 2.05. The van der Waals surface area contributed by atoms with Crippen molar-refractivity contribution in [2.24, 2.45) is 0 Å². The molecule has 0 aromatic heterocycles. The first-order valence-corrected chi connectivity index (χ1v) is 5.74. The average molecular weight is 229 g/mol. The van der Waals surface area contributed by atoms with E-state index in [9.17, 15) is 4.39 Å². The number of rotatable bonds is 3. The first kappa shape index (κ1) is 11.6. The number of hydrogen-bond acceptors (Lipinski definition) is 1. The minimum Gasteiger partial charge on any atom is -0.396 e. The lowest BCUT2D eigenvalue weighted by atomic mass is 10.0. The van der Waals surface area contributed by atoms with Gasteiger partial charge in [-0.15, -0.1) is 0 Å². The van der Waals surface area contributed by atoms with Gasteiger partial charge >= 0.3 is 0 Å². The van der Waals surface area contributed by atoms with Crippen LogP contribution in [0.25, 0.3) is 0 Å². The molecule has 2 rings (SSSR count). The minimum atomic E-state index is -0.343. The summed E-state index contributed by atoms with van der Waals surface area (Å²) >= 11 is 0. The fourth-order valence-electron chi connectivity index (χ4n) is 1.91. The van der Waals surface area contributed by atoms with Crippen LogP contribution in [-0.2, 0) is 12.8 Å². The van der Waals surface area contributed by atoms with Crippen molar-refractivity contribution in [3.63, 3.8) is 0 Å². The molecule has 0 aliphatic rings. The second kappa shape index (κ2) is 5.00. The highest BCUT2D eigenvalue weighted by molar-refractivity contribution is 5.42. The molecule has 0 aliphatic carbocycles. The third-order valence-electron chi connectivity index (χ3n) is 2.85. The zero-order chi connectivity index (χ0) is 12.3. The highest BCUT2D eigenvalue weighted by Gasteiger charge is 2.00. The predicted molar refractivity (Wildman–Crippen MR) is 69.4 cm³/mol. The van der Waals surface area contributed by atoms with Crippen molar-refractivity contribution in [3.05, 3.63) is 65.0 Å². The van der Waals surface area contributed by atoms with Crippen LogP contribution < -0.4 is 5.73 Å². The Hall–Kier alpha value is -1.83. The minimum absolute atomic E-state index is 0.228. The molecule has 2 N–H and O–H groups in total. The molecule has 0 atom stereocenters. The lowest BCUT2D eigenvalue weighted by Crippen LogP contribution is -1.96. The summed E-state index contributed by atoms with van der Waals surface area (Å²) in [6.07, 6.45) is 1.83. The van der Waals surface area contributed by atoms with Crippen LogP contribution in [0.3, 0.4) is 0 Å². The van der Waals surface area contributed by atoms with E-state index < -0.39 is 0 Å². The van der Waals surface area contributed by atoms with Gasteiger partial charge in [-0.3, -0.25) is 0 Å². The van der Waals surface area contributed by atoms with E-state index in [1.165, 1.54) is 17.2 Å². The van der Waals surface area contributed by atoms with E-state index >= 15 is 0 Å². The van der Waals surface area contributed by atoms with Crippen LogP contribution in [0.1, 0.15) is 16.7 Å². The van der Waals surface area contributed by atoms with Crippen LogP contribution >= 0.6 is 0 Å². The molecule has 2 heteroatoms. The van der Waals surface area contributed by atoms with Crippen LogP contribution in [0, 0.1) is 12.7 Å². The van der Waals surface area contributed by atoms with Gasteiger partial charge in [0.1, 0.15) is 5.82 Å². The normalized spacial score (nSPS) is 10.5. The molecule has 0 unspecified atom stereocenters. The molecule has 0 saturated heterocycles. The van der Waals surface area contributed by atoms with Crippen LogP contribution in [0.15, 0.2) is 42.5 Å². The average Bonchev–Trinajstić information content (AvgIpc) is 2.31. The highest BCUT2D eigenvalue weighted by atomic mass is 19.1. The second-order valence-electron chi connectivity index (χ2n) is 4.34. The molecular weight excluding hydrogens is 213 g/mol. The predicted octanol–water partition coefficient (Wildman–Crippen LogP) is 3.50. The molecule has 0 spiro atoms. The zero-order valence-corrected chi connectivity index (χ0v) is 9.91. The Bertz CT molecular complexity index is 520. The monoisotopic (exact) mass is 229 g/mol. The zero-order valence-electron chi connectivity index (χ0n) is 9.91. The molecule has 0 bridgehead atoms. The van der Waals surface area contributed by atoms with Crippen molar-refractivity contribution < 1.29 is 4.39 Å². The Morgan fingerprint density at radius 1 is 1.00 bits per heavy atom. The number of nitrogens with two attached hydrogens (primary N) is 1. The fourth-order valence-corrected chi connectivity index (χ4v) is 1.91. The number of halogens is 1. The van der Waals surface area contributed by atoms with Gasteiger partial charge in [0.25, 0.3) is 0 Å². The standard InChI is InChI=1S/C15H16FN/c1-11-3-2-4-12(9-11)5-6-13-7-8-14(16)15(17)10-13/h2-4,7-10H,5-6,17H2,1H3. The smallest absolute Gasteiger partial charge is 0.146 e. The summed E-state index contributed by atoms with van der Waals surface area (Å²) in [5.74, 6) is -0.343. The van der Waals surface area contributed by atoms with E-state index in [1.54, 1.807) is 12.1 Å². The molecule has 0 saturated carbocycles. The van der Waals surface area contributed by atoms with Gasteiger partial charge in [0.2, 0.25) is 0 Å². The van der Waals surface area contributed by atoms with E-state index in [2.05, 4.69) is 31.2 Å². The number of benzene rings is 2. The Labute approximate surface area is 101 Å². The number of aryl methyl sites for hydroxylation is 3. The van der Waals surface area contributed by atoms with Crippen molar-refractivity contribution in [1.82, 2.24) is 0 Å². The van der Waals surface area contributed by atoms with Gasteiger partial charge in [-0.05, 0) is 43.0 Å². The molecule has 88 valence electrons. The maximum absolute atomic E-state index is 13.0. The Morgan fingerprint density at radius 3 is 2.35 bits per heavy atom. The SMILES string of the molecule is Cc1cccc(CCc2ccc(F)c(N)c2)c1. The number of anilines is 1. The van der Waals surface area contributed by atoms with E-state index in [-0.39, 0.29) is 11.5 Å². The molecule has 17 heavy (non-hydrogen) atoms. The summed E-state index contributed by atoms with van der Waals surface area (Å²) in [4.78, 5) is 0. The maximum atomic E-state index is 13.0. The van der Waals surface area contributed by atoms with Gasteiger partial charge in [0, 0.05) is 0 Å². The first-order valence-electron chi connectivity index (χ1n) is 5.74.